The number of hydrogen-bond donors (Lipinski definition) is 0. The summed E-state index contributed by atoms with van der Waals surface area (Å²) in [6, 6.07) is 7.99. The second-order valence-electron chi connectivity index (χ2n) is 3.45. The lowest BCUT2D eigenvalue weighted by Gasteiger charge is -2.03. The molecule has 0 aliphatic heterocycles. The third-order valence-electron chi connectivity index (χ3n) is 2.60. The maximum atomic E-state index is 11.7. The number of fused-ring (bicyclic) bond motifs is 2. The molecule has 0 amide bonds. The highest BCUT2D eigenvalue weighted by atomic mass is 16.1. The lowest BCUT2D eigenvalue weighted by molar-refractivity contribution is -0.109. The number of allylic oxidation sites excluding steroid dienone is 4. The second kappa shape index (κ2) is 2.55. The van der Waals surface area contributed by atoms with Crippen molar-refractivity contribution < 1.29 is 4.79 Å². The van der Waals surface area contributed by atoms with Crippen LogP contribution in [-0.4, -0.2) is 5.78 Å². The molecular weight excluding hydrogens is 172 g/mol. The zero-order valence-electron chi connectivity index (χ0n) is 7.53. The predicted octanol–water partition coefficient (Wildman–Crippen LogP) is 0.697. The van der Waals surface area contributed by atoms with Gasteiger partial charge in [0.05, 0.1) is 0 Å². The van der Waals surface area contributed by atoms with E-state index in [1.807, 2.05) is 36.4 Å². The van der Waals surface area contributed by atoms with E-state index in [1.165, 1.54) is 0 Å². The first-order valence-electron chi connectivity index (χ1n) is 4.60. The monoisotopic (exact) mass is 180 g/mol. The molecule has 0 spiro atoms. The molecular formula is C13H8O. The van der Waals surface area contributed by atoms with Crippen molar-refractivity contribution in [2.45, 2.75) is 0 Å². The number of ketones is 1. The molecule has 1 aromatic carbocycles. The van der Waals surface area contributed by atoms with E-state index in [0.29, 0.717) is 0 Å². The van der Waals surface area contributed by atoms with Gasteiger partial charge in [0.1, 0.15) is 0 Å². The molecule has 0 N–H and O–H groups in total. The molecule has 0 heterocycles. The van der Waals surface area contributed by atoms with E-state index in [9.17, 15) is 4.79 Å². The lowest BCUT2D eigenvalue weighted by Crippen LogP contribution is -2.24. The Kier molecular flexibility index (Phi) is 1.37. The van der Waals surface area contributed by atoms with Crippen LogP contribution < -0.4 is 10.4 Å². The van der Waals surface area contributed by atoms with Crippen molar-refractivity contribution in [1.82, 2.24) is 0 Å². The lowest BCUT2D eigenvalue weighted by atomic mass is 9.99. The van der Waals surface area contributed by atoms with Crippen molar-refractivity contribution in [3.8, 4) is 0 Å². The summed E-state index contributed by atoms with van der Waals surface area (Å²) in [5.74, 6) is 0.115. The number of carbonyl (C=O) groups excluding carboxylic acids is 1. The average molecular weight is 180 g/mol. The van der Waals surface area contributed by atoms with Crippen LogP contribution in [0, 0.1) is 0 Å². The normalized spacial score (nSPS) is 17.3. The minimum absolute atomic E-state index is 0.115. The number of rotatable bonds is 0. The van der Waals surface area contributed by atoms with Gasteiger partial charge in [0, 0.05) is 5.57 Å². The van der Waals surface area contributed by atoms with Crippen LogP contribution in [-0.2, 0) is 4.79 Å². The summed E-state index contributed by atoms with van der Waals surface area (Å²) in [5, 5.41) is 2.21. The van der Waals surface area contributed by atoms with Crippen LogP contribution in [0.5, 0.6) is 0 Å². The number of benzene rings is 1. The van der Waals surface area contributed by atoms with E-state index in [0.717, 1.165) is 21.6 Å². The van der Waals surface area contributed by atoms with Crippen LogP contribution in [0.25, 0.3) is 11.6 Å². The SMILES string of the molecule is O=C1C=CC=C2C=c3ccccc3=C12. The van der Waals surface area contributed by atoms with Gasteiger partial charge in [0.15, 0.2) is 5.78 Å². The zero-order chi connectivity index (χ0) is 9.54. The quantitative estimate of drug-likeness (QED) is 0.574. The molecule has 0 unspecified atom stereocenters. The molecule has 66 valence electrons. The van der Waals surface area contributed by atoms with Crippen molar-refractivity contribution in [3.05, 3.63) is 58.5 Å². The van der Waals surface area contributed by atoms with E-state index in [4.69, 9.17) is 0 Å². The molecule has 1 heteroatoms. The van der Waals surface area contributed by atoms with Crippen molar-refractivity contribution >= 4 is 17.4 Å². The minimum atomic E-state index is 0.115. The summed E-state index contributed by atoms with van der Waals surface area (Å²) < 4.78 is 0. The highest BCUT2D eigenvalue weighted by Gasteiger charge is 2.17. The fourth-order valence-electron chi connectivity index (χ4n) is 1.97. The molecule has 0 aromatic heterocycles. The average Bonchev–Trinajstić information content (AvgIpc) is 2.57. The third kappa shape index (κ3) is 0.867. The van der Waals surface area contributed by atoms with Gasteiger partial charge in [-0.3, -0.25) is 4.79 Å². The van der Waals surface area contributed by atoms with Crippen LogP contribution >= 0.6 is 0 Å². The van der Waals surface area contributed by atoms with Crippen LogP contribution in [0.4, 0.5) is 0 Å². The second-order valence-corrected chi connectivity index (χ2v) is 3.45. The van der Waals surface area contributed by atoms with Crippen molar-refractivity contribution in [3.63, 3.8) is 0 Å². The van der Waals surface area contributed by atoms with Crippen molar-refractivity contribution in [2.75, 3.05) is 0 Å². The Bertz CT molecular complexity index is 600. The summed E-state index contributed by atoms with van der Waals surface area (Å²) in [7, 11) is 0. The van der Waals surface area contributed by atoms with Gasteiger partial charge in [-0.25, -0.2) is 0 Å². The van der Waals surface area contributed by atoms with E-state index < -0.39 is 0 Å². The highest BCUT2D eigenvalue weighted by molar-refractivity contribution is 6.29. The first kappa shape index (κ1) is 7.51. The molecule has 0 radical (unpaired) electrons. The van der Waals surface area contributed by atoms with Gasteiger partial charge in [-0.05, 0) is 28.2 Å². The van der Waals surface area contributed by atoms with E-state index >= 15 is 0 Å². The fourth-order valence-corrected chi connectivity index (χ4v) is 1.97. The van der Waals surface area contributed by atoms with Gasteiger partial charge >= 0.3 is 0 Å². The van der Waals surface area contributed by atoms with Gasteiger partial charge in [-0.15, -0.1) is 0 Å². The standard InChI is InChI=1S/C13H8O/c14-12-7-3-5-10-8-9-4-1-2-6-11(9)13(10)12/h1-8H. The van der Waals surface area contributed by atoms with Crippen molar-refractivity contribution in [2.24, 2.45) is 0 Å². The molecule has 2 aliphatic rings. The molecule has 0 saturated carbocycles. The Morgan fingerprint density at radius 2 is 1.93 bits per heavy atom. The summed E-state index contributed by atoms with van der Waals surface area (Å²) in [4.78, 5) is 11.7. The van der Waals surface area contributed by atoms with E-state index in [-0.39, 0.29) is 5.78 Å². The predicted molar refractivity (Wildman–Crippen MR) is 55.8 cm³/mol. The van der Waals surface area contributed by atoms with E-state index in [1.54, 1.807) is 6.08 Å². The number of hydrogen-bond acceptors (Lipinski definition) is 1. The van der Waals surface area contributed by atoms with E-state index in [2.05, 4.69) is 6.08 Å². The molecule has 0 atom stereocenters. The van der Waals surface area contributed by atoms with Crippen molar-refractivity contribution in [1.29, 1.82) is 0 Å². The molecule has 1 nitrogen and oxygen atoms in total. The molecule has 0 fully saturated rings. The van der Waals surface area contributed by atoms with Crippen LogP contribution in [0.15, 0.2) is 48.1 Å². The van der Waals surface area contributed by atoms with Gasteiger partial charge in [0.2, 0.25) is 0 Å². The zero-order valence-corrected chi connectivity index (χ0v) is 7.53. The molecule has 2 aliphatic carbocycles. The Morgan fingerprint density at radius 3 is 2.86 bits per heavy atom. The summed E-state index contributed by atoms with van der Waals surface area (Å²) >= 11 is 0. The van der Waals surface area contributed by atoms with Crippen LogP contribution in [0.2, 0.25) is 0 Å². The topological polar surface area (TPSA) is 17.1 Å². The van der Waals surface area contributed by atoms with Gasteiger partial charge < -0.3 is 0 Å². The minimum Gasteiger partial charge on any atom is -0.289 e. The van der Waals surface area contributed by atoms with Crippen LogP contribution in [0.1, 0.15) is 0 Å². The maximum Gasteiger partial charge on any atom is 0.187 e. The molecule has 3 rings (SSSR count). The Hall–Kier alpha value is -1.89. The Morgan fingerprint density at radius 1 is 1.07 bits per heavy atom. The van der Waals surface area contributed by atoms with Gasteiger partial charge in [-0.2, -0.15) is 0 Å². The Labute approximate surface area is 81.4 Å². The first-order chi connectivity index (χ1) is 6.86. The molecule has 1 aromatic rings. The first-order valence-corrected chi connectivity index (χ1v) is 4.60. The maximum absolute atomic E-state index is 11.7. The molecule has 0 saturated heterocycles. The third-order valence-corrected chi connectivity index (χ3v) is 2.60. The van der Waals surface area contributed by atoms with Gasteiger partial charge in [-0.1, -0.05) is 36.4 Å². The molecule has 14 heavy (non-hydrogen) atoms. The number of carbonyl (C=O) groups is 1. The smallest absolute Gasteiger partial charge is 0.187 e. The fraction of sp³-hybridized carbons (Fsp3) is 0. The summed E-state index contributed by atoms with van der Waals surface area (Å²) in [5.41, 5.74) is 1.89. The highest BCUT2D eigenvalue weighted by Crippen LogP contribution is 2.19. The largest absolute Gasteiger partial charge is 0.289 e. The summed E-state index contributed by atoms with van der Waals surface area (Å²) in [6.07, 6.45) is 7.47. The Balaban J connectivity index is 2.51. The summed E-state index contributed by atoms with van der Waals surface area (Å²) in [6.45, 7) is 0. The molecule has 0 bridgehead atoms. The van der Waals surface area contributed by atoms with Gasteiger partial charge in [0.25, 0.3) is 0 Å². The van der Waals surface area contributed by atoms with Crippen LogP contribution in [0.3, 0.4) is 0 Å².